The van der Waals surface area contributed by atoms with Gasteiger partial charge in [-0.05, 0) is 36.8 Å². The minimum Gasteiger partial charge on any atom is -0.503 e. The fraction of sp³-hybridized carbons (Fsp3) is 0.111. The minimum atomic E-state index is -0.837. The number of Topliss-reactive ketones (excluding diaryl/α,β-unsaturated/α-hetero) is 1. The summed E-state index contributed by atoms with van der Waals surface area (Å²) in [5.41, 5.74) is 0.600. The van der Waals surface area contributed by atoms with E-state index in [1.54, 1.807) is 37.3 Å². The minimum absolute atomic E-state index is 0.0433. The first-order chi connectivity index (χ1) is 13.0. The zero-order chi connectivity index (χ0) is 19.1. The lowest BCUT2D eigenvalue weighted by atomic mass is 9.95. The summed E-state index contributed by atoms with van der Waals surface area (Å²) >= 11 is 4.58. The Labute approximate surface area is 166 Å². The topological polar surface area (TPSA) is 96.5 Å². The second-order valence-corrected chi connectivity index (χ2v) is 7.88. The molecule has 0 spiro atoms. The highest BCUT2D eigenvalue weighted by atomic mass is 79.9. The van der Waals surface area contributed by atoms with Crippen LogP contribution in [0.5, 0.6) is 0 Å². The van der Waals surface area contributed by atoms with Gasteiger partial charge in [-0.15, -0.1) is 10.2 Å². The number of carbonyl (C=O) groups excluding carboxylic acids is 2. The Kier molecular flexibility index (Phi) is 4.40. The van der Waals surface area contributed by atoms with Crippen molar-refractivity contribution in [2.75, 3.05) is 4.90 Å². The molecule has 1 aliphatic rings. The van der Waals surface area contributed by atoms with E-state index in [9.17, 15) is 14.7 Å². The quantitative estimate of drug-likeness (QED) is 0.609. The summed E-state index contributed by atoms with van der Waals surface area (Å²) < 4.78 is 6.03. The number of anilines is 1. The molecule has 3 heterocycles. The van der Waals surface area contributed by atoms with E-state index in [1.165, 1.54) is 28.6 Å². The van der Waals surface area contributed by atoms with Crippen molar-refractivity contribution in [3.05, 3.63) is 74.8 Å². The Morgan fingerprint density at radius 1 is 1.26 bits per heavy atom. The van der Waals surface area contributed by atoms with E-state index in [0.717, 1.165) is 4.47 Å². The molecule has 4 rings (SSSR count). The summed E-state index contributed by atoms with van der Waals surface area (Å²) in [6, 6.07) is 9.37. The van der Waals surface area contributed by atoms with Crippen LogP contribution in [-0.4, -0.2) is 27.0 Å². The van der Waals surface area contributed by atoms with Crippen LogP contribution in [0.1, 0.15) is 27.2 Å². The Balaban J connectivity index is 1.88. The Morgan fingerprint density at radius 3 is 2.59 bits per heavy atom. The van der Waals surface area contributed by atoms with Gasteiger partial charge in [0.2, 0.25) is 10.9 Å². The van der Waals surface area contributed by atoms with Crippen LogP contribution in [0.4, 0.5) is 5.13 Å². The molecular weight excluding hydrogens is 434 g/mol. The first kappa shape index (κ1) is 17.6. The lowest BCUT2D eigenvalue weighted by Gasteiger charge is -2.23. The van der Waals surface area contributed by atoms with Crippen molar-refractivity contribution in [3.63, 3.8) is 0 Å². The number of furan rings is 1. The standard InChI is InChI=1S/C18H12BrN3O4S/c1-9-20-21-18(27-9)22-14(10-4-6-11(19)7-5-10)13(16(24)17(22)25)15(23)12-3-2-8-26-12/h2-8,14,24H,1H3/t14-/m1/s1. The molecule has 0 radical (unpaired) electrons. The molecule has 1 atom stereocenters. The smallest absolute Gasteiger partial charge is 0.296 e. The largest absolute Gasteiger partial charge is 0.503 e. The van der Waals surface area contributed by atoms with E-state index in [-0.39, 0.29) is 11.3 Å². The highest BCUT2D eigenvalue weighted by Crippen LogP contribution is 2.42. The molecule has 1 aliphatic heterocycles. The molecule has 0 unspecified atom stereocenters. The number of aliphatic hydroxyl groups excluding tert-OH is 1. The second kappa shape index (κ2) is 6.75. The molecule has 1 aromatic carbocycles. The summed E-state index contributed by atoms with van der Waals surface area (Å²) in [6.07, 6.45) is 1.36. The van der Waals surface area contributed by atoms with Crippen molar-refractivity contribution >= 4 is 44.1 Å². The van der Waals surface area contributed by atoms with E-state index >= 15 is 0 Å². The van der Waals surface area contributed by atoms with Gasteiger partial charge in [0.15, 0.2) is 11.5 Å². The maximum absolute atomic E-state index is 13.0. The van der Waals surface area contributed by atoms with Crippen molar-refractivity contribution in [3.8, 4) is 0 Å². The summed E-state index contributed by atoms with van der Waals surface area (Å²) in [5, 5.41) is 19.5. The average molecular weight is 446 g/mol. The molecule has 27 heavy (non-hydrogen) atoms. The molecule has 9 heteroatoms. The molecule has 3 aromatic rings. The molecule has 0 saturated carbocycles. The van der Waals surface area contributed by atoms with Crippen molar-refractivity contribution in [2.24, 2.45) is 0 Å². The van der Waals surface area contributed by atoms with Crippen LogP contribution >= 0.6 is 27.3 Å². The fourth-order valence-electron chi connectivity index (χ4n) is 2.92. The van der Waals surface area contributed by atoms with Crippen LogP contribution < -0.4 is 4.90 Å². The molecule has 0 fully saturated rings. The monoisotopic (exact) mass is 445 g/mol. The maximum atomic E-state index is 13.0. The predicted molar refractivity (Wildman–Crippen MR) is 102 cm³/mol. The molecule has 0 bridgehead atoms. The molecule has 136 valence electrons. The summed E-state index contributed by atoms with van der Waals surface area (Å²) in [4.78, 5) is 27.1. The number of hydrogen-bond acceptors (Lipinski definition) is 7. The van der Waals surface area contributed by atoms with Crippen molar-refractivity contribution in [1.82, 2.24) is 10.2 Å². The number of amides is 1. The van der Waals surface area contributed by atoms with Crippen LogP contribution in [0.2, 0.25) is 0 Å². The number of aromatic nitrogens is 2. The molecule has 0 aliphatic carbocycles. The van der Waals surface area contributed by atoms with Gasteiger partial charge in [0.05, 0.1) is 17.9 Å². The van der Waals surface area contributed by atoms with Crippen molar-refractivity contribution in [2.45, 2.75) is 13.0 Å². The Morgan fingerprint density at radius 2 is 2.00 bits per heavy atom. The zero-order valence-corrected chi connectivity index (χ0v) is 16.3. The Bertz CT molecular complexity index is 1060. The average Bonchev–Trinajstić information content (AvgIpc) is 3.37. The summed E-state index contributed by atoms with van der Waals surface area (Å²) in [7, 11) is 0. The number of aryl methyl sites for hydroxylation is 1. The number of carbonyl (C=O) groups is 2. The lowest BCUT2D eigenvalue weighted by molar-refractivity contribution is -0.117. The van der Waals surface area contributed by atoms with Gasteiger partial charge in [0.1, 0.15) is 5.01 Å². The highest BCUT2D eigenvalue weighted by molar-refractivity contribution is 9.10. The van der Waals surface area contributed by atoms with Gasteiger partial charge in [-0.2, -0.15) is 0 Å². The van der Waals surface area contributed by atoms with Gasteiger partial charge in [-0.1, -0.05) is 39.4 Å². The van der Waals surface area contributed by atoms with Crippen LogP contribution in [0.3, 0.4) is 0 Å². The highest BCUT2D eigenvalue weighted by Gasteiger charge is 2.46. The van der Waals surface area contributed by atoms with Crippen LogP contribution in [0.15, 0.2) is 62.9 Å². The van der Waals surface area contributed by atoms with E-state index in [1.807, 2.05) is 0 Å². The first-order valence-electron chi connectivity index (χ1n) is 7.88. The van der Waals surface area contributed by atoms with Gasteiger partial charge in [-0.25, -0.2) is 0 Å². The van der Waals surface area contributed by atoms with Gasteiger partial charge in [0, 0.05) is 4.47 Å². The number of rotatable bonds is 4. The maximum Gasteiger partial charge on any atom is 0.296 e. The van der Waals surface area contributed by atoms with Crippen LogP contribution in [-0.2, 0) is 4.79 Å². The molecule has 0 saturated heterocycles. The molecule has 2 aromatic heterocycles. The summed E-state index contributed by atoms with van der Waals surface area (Å²) in [5.74, 6) is -1.82. The normalized spacial score (nSPS) is 17.0. The van der Waals surface area contributed by atoms with Crippen LogP contribution in [0.25, 0.3) is 0 Å². The SMILES string of the molecule is Cc1nnc(N2C(=O)C(O)=C(C(=O)c3ccco3)[C@H]2c2ccc(Br)cc2)s1. The van der Waals surface area contributed by atoms with E-state index in [4.69, 9.17) is 4.42 Å². The van der Waals surface area contributed by atoms with E-state index in [0.29, 0.717) is 15.7 Å². The van der Waals surface area contributed by atoms with Crippen molar-refractivity contribution < 1.29 is 19.1 Å². The van der Waals surface area contributed by atoms with Gasteiger partial charge >= 0.3 is 0 Å². The third-order valence-electron chi connectivity index (χ3n) is 4.10. The molecule has 1 N–H and O–H groups in total. The molecule has 1 amide bonds. The third-order valence-corrected chi connectivity index (χ3v) is 5.47. The predicted octanol–water partition coefficient (Wildman–Crippen LogP) is 3.98. The number of hydrogen-bond donors (Lipinski definition) is 1. The third kappa shape index (κ3) is 2.98. The van der Waals surface area contributed by atoms with E-state index in [2.05, 4.69) is 26.1 Å². The van der Waals surface area contributed by atoms with E-state index < -0.39 is 23.5 Å². The van der Waals surface area contributed by atoms with Gasteiger partial charge in [0.25, 0.3) is 5.91 Å². The number of ketones is 1. The summed E-state index contributed by atoms with van der Waals surface area (Å²) in [6.45, 7) is 1.76. The fourth-order valence-corrected chi connectivity index (χ4v) is 3.90. The number of halogens is 1. The lowest BCUT2D eigenvalue weighted by Crippen LogP contribution is -2.31. The van der Waals surface area contributed by atoms with Crippen LogP contribution in [0, 0.1) is 6.92 Å². The van der Waals surface area contributed by atoms with Gasteiger partial charge < -0.3 is 9.52 Å². The molecule has 7 nitrogen and oxygen atoms in total. The number of aliphatic hydroxyl groups is 1. The zero-order valence-electron chi connectivity index (χ0n) is 13.9. The second-order valence-electron chi connectivity index (χ2n) is 5.80. The van der Waals surface area contributed by atoms with Crippen molar-refractivity contribution in [1.29, 1.82) is 0 Å². The Hall–Kier alpha value is -2.78. The first-order valence-corrected chi connectivity index (χ1v) is 9.49. The van der Waals surface area contributed by atoms with Gasteiger partial charge in [-0.3, -0.25) is 14.5 Å². The number of benzene rings is 1. The number of nitrogens with zero attached hydrogens (tertiary/aromatic N) is 3. The molecular formula is C18H12BrN3O4S.